The molecule has 1 amide bonds. The van der Waals surface area contributed by atoms with Crippen molar-refractivity contribution < 1.29 is 4.79 Å². The van der Waals surface area contributed by atoms with Crippen molar-refractivity contribution in [3.8, 4) is 12.1 Å². The van der Waals surface area contributed by atoms with Gasteiger partial charge in [0.25, 0.3) is 5.91 Å². The fourth-order valence-corrected chi connectivity index (χ4v) is 6.16. The second-order valence-electron chi connectivity index (χ2n) is 5.32. The zero-order chi connectivity index (χ0) is 19.0. The van der Waals surface area contributed by atoms with Crippen molar-refractivity contribution in [3.63, 3.8) is 0 Å². The number of hydrogen-bond donors (Lipinski definition) is 0. The third kappa shape index (κ3) is 3.33. The van der Waals surface area contributed by atoms with Crippen LogP contribution in [0.15, 0.2) is 49.5 Å². The number of rotatable bonds is 2. The molecule has 130 valence electrons. The molecule has 6 nitrogen and oxygen atoms in total. The number of hydrogen-bond acceptors (Lipinski definition) is 9. The van der Waals surface area contributed by atoms with E-state index in [9.17, 15) is 4.79 Å². The highest BCUT2D eigenvalue weighted by Gasteiger charge is 2.37. The molecular weight excluding hydrogens is 418 g/mol. The number of carbonyl (C=O) groups excluding carboxylic acids is 1. The summed E-state index contributed by atoms with van der Waals surface area (Å²) in [4.78, 5) is 23.4. The highest BCUT2D eigenvalue weighted by Crippen LogP contribution is 2.54. The quantitative estimate of drug-likeness (QED) is 0.528. The number of thioether (sulfide) groups is 3. The molecule has 0 atom stereocenters. The number of benzene rings is 1. The van der Waals surface area contributed by atoms with Crippen LogP contribution in [0.1, 0.15) is 17.0 Å². The van der Waals surface area contributed by atoms with E-state index in [-0.39, 0.29) is 17.3 Å². The highest BCUT2D eigenvalue weighted by atomic mass is 32.2. The molecule has 2 aromatic rings. The van der Waals surface area contributed by atoms with Crippen LogP contribution >= 0.6 is 47.5 Å². The standard InChI is InChI=1S/C17H7N5OS4/c18-6-10-11(7-19)21-14-13(20-10)26-16(27-14)12-15(23)22(17(24)25-12)8-9-4-2-1-3-5-9/h1-5H,8H2. The molecular formula is C17H7N5OS4. The van der Waals surface area contributed by atoms with Crippen molar-refractivity contribution in [1.82, 2.24) is 14.9 Å². The lowest BCUT2D eigenvalue weighted by Crippen LogP contribution is -2.27. The van der Waals surface area contributed by atoms with Crippen LogP contribution in [-0.2, 0) is 11.3 Å². The second kappa shape index (κ2) is 7.33. The highest BCUT2D eigenvalue weighted by molar-refractivity contribution is 8.30. The van der Waals surface area contributed by atoms with Gasteiger partial charge in [-0.2, -0.15) is 10.5 Å². The Morgan fingerprint density at radius 1 is 1.00 bits per heavy atom. The normalized spacial score (nSPS) is 15.7. The third-order valence-electron chi connectivity index (χ3n) is 3.64. The largest absolute Gasteiger partial charge is 0.288 e. The minimum Gasteiger partial charge on any atom is -0.288 e. The molecule has 27 heavy (non-hydrogen) atoms. The maximum absolute atomic E-state index is 12.9. The zero-order valence-corrected chi connectivity index (χ0v) is 16.6. The average Bonchev–Trinajstić information content (AvgIpc) is 3.22. The first-order chi connectivity index (χ1) is 13.1. The molecule has 4 rings (SSSR count). The number of thiocarbonyl (C=S) groups is 1. The van der Waals surface area contributed by atoms with Crippen LogP contribution in [0.25, 0.3) is 0 Å². The van der Waals surface area contributed by atoms with Gasteiger partial charge in [-0.15, -0.1) is 0 Å². The average molecular weight is 426 g/mol. The number of nitriles is 2. The molecule has 0 aliphatic carbocycles. The summed E-state index contributed by atoms with van der Waals surface area (Å²) in [5.41, 5.74) is 0.972. The summed E-state index contributed by atoms with van der Waals surface area (Å²) < 4.78 is 1.22. The number of amides is 1. The minimum absolute atomic E-state index is 0.0118. The van der Waals surface area contributed by atoms with Gasteiger partial charge in [0.1, 0.15) is 31.4 Å². The van der Waals surface area contributed by atoms with Gasteiger partial charge in [-0.25, -0.2) is 9.97 Å². The van der Waals surface area contributed by atoms with Gasteiger partial charge in [-0.1, -0.05) is 77.8 Å². The maximum atomic E-state index is 12.9. The predicted molar refractivity (Wildman–Crippen MR) is 107 cm³/mol. The lowest BCUT2D eigenvalue weighted by Gasteiger charge is -2.14. The summed E-state index contributed by atoms with van der Waals surface area (Å²) in [6.45, 7) is 0.415. The lowest BCUT2D eigenvalue weighted by molar-refractivity contribution is -0.122. The van der Waals surface area contributed by atoms with E-state index in [2.05, 4.69) is 9.97 Å². The summed E-state index contributed by atoms with van der Waals surface area (Å²) in [6, 6.07) is 13.4. The Kier molecular flexibility index (Phi) is 4.89. The van der Waals surface area contributed by atoms with E-state index in [4.69, 9.17) is 22.7 Å². The van der Waals surface area contributed by atoms with Gasteiger partial charge in [-0.3, -0.25) is 9.69 Å². The Hall–Kier alpha value is -2.37. The number of nitrogens with zero attached hydrogens (tertiary/aromatic N) is 5. The topological polar surface area (TPSA) is 93.7 Å². The summed E-state index contributed by atoms with van der Waals surface area (Å²) in [6.07, 6.45) is 0. The van der Waals surface area contributed by atoms with Crippen molar-refractivity contribution in [1.29, 1.82) is 10.5 Å². The molecule has 1 aromatic carbocycles. The van der Waals surface area contributed by atoms with Crippen LogP contribution in [-0.4, -0.2) is 25.1 Å². The maximum Gasteiger partial charge on any atom is 0.268 e. The van der Waals surface area contributed by atoms with Crippen LogP contribution in [0, 0.1) is 22.7 Å². The first kappa shape index (κ1) is 18.0. The predicted octanol–water partition coefficient (Wildman–Crippen LogP) is 3.65. The third-order valence-corrected chi connectivity index (χ3v) is 7.71. The summed E-state index contributed by atoms with van der Waals surface area (Å²) in [5, 5.41) is 19.2. The van der Waals surface area contributed by atoms with Gasteiger partial charge in [0.05, 0.1) is 10.8 Å². The smallest absolute Gasteiger partial charge is 0.268 e. The zero-order valence-electron chi connectivity index (χ0n) is 13.4. The molecule has 0 bridgehead atoms. The van der Waals surface area contributed by atoms with Gasteiger partial charge in [0.2, 0.25) is 0 Å². The van der Waals surface area contributed by atoms with Crippen molar-refractivity contribution in [2.45, 2.75) is 16.6 Å². The molecule has 3 heterocycles. The Labute approximate surface area is 172 Å². The molecule has 2 aliphatic heterocycles. The number of aromatic nitrogens is 2. The molecule has 10 heteroatoms. The van der Waals surface area contributed by atoms with E-state index < -0.39 is 0 Å². The van der Waals surface area contributed by atoms with Gasteiger partial charge in [0, 0.05) is 0 Å². The molecule has 1 aromatic heterocycles. The molecule has 2 aliphatic rings. The fourth-order valence-electron chi connectivity index (χ4n) is 2.41. The van der Waals surface area contributed by atoms with Gasteiger partial charge in [0.15, 0.2) is 11.4 Å². The summed E-state index contributed by atoms with van der Waals surface area (Å²) >= 11 is 9.20. The fraction of sp³-hybridized carbons (Fsp3) is 0.0588. The molecule has 0 saturated carbocycles. The van der Waals surface area contributed by atoms with E-state index >= 15 is 0 Å². The molecule has 0 radical (unpaired) electrons. The lowest BCUT2D eigenvalue weighted by atomic mass is 10.2. The van der Waals surface area contributed by atoms with Crippen molar-refractivity contribution in [2.75, 3.05) is 0 Å². The Bertz CT molecular complexity index is 1060. The van der Waals surface area contributed by atoms with Gasteiger partial charge < -0.3 is 0 Å². The summed E-state index contributed by atoms with van der Waals surface area (Å²) in [5.74, 6) is -0.155. The monoisotopic (exact) mass is 425 g/mol. The Morgan fingerprint density at radius 2 is 1.59 bits per heavy atom. The second-order valence-corrected chi connectivity index (χ2v) is 9.22. The first-order valence-corrected chi connectivity index (χ1v) is 10.4. The number of fused-ring (bicyclic) bond motifs is 1. The van der Waals surface area contributed by atoms with Crippen molar-refractivity contribution in [3.05, 3.63) is 56.4 Å². The van der Waals surface area contributed by atoms with Crippen molar-refractivity contribution >= 4 is 57.7 Å². The molecule has 1 fully saturated rings. The SMILES string of the molecule is N#Cc1nc2c(nc1C#N)SC(=C1SC(=S)N(Cc3ccccc3)C1=O)S2. The summed E-state index contributed by atoms with van der Waals surface area (Å²) in [7, 11) is 0. The van der Waals surface area contributed by atoms with Gasteiger partial charge in [-0.05, 0) is 5.56 Å². The van der Waals surface area contributed by atoms with E-state index in [1.165, 1.54) is 35.3 Å². The van der Waals surface area contributed by atoms with Crippen LogP contribution in [0.3, 0.4) is 0 Å². The van der Waals surface area contributed by atoms with Gasteiger partial charge >= 0.3 is 0 Å². The van der Waals surface area contributed by atoms with Crippen LogP contribution < -0.4 is 0 Å². The first-order valence-electron chi connectivity index (χ1n) is 7.50. The Balaban J connectivity index is 1.63. The van der Waals surface area contributed by atoms with Crippen LogP contribution in [0.5, 0.6) is 0 Å². The van der Waals surface area contributed by atoms with Crippen LogP contribution in [0.2, 0.25) is 0 Å². The molecule has 0 spiro atoms. The van der Waals surface area contributed by atoms with Crippen LogP contribution in [0.4, 0.5) is 0 Å². The molecule has 1 saturated heterocycles. The van der Waals surface area contributed by atoms with E-state index in [0.717, 1.165) is 9.80 Å². The minimum atomic E-state index is -0.155. The Morgan fingerprint density at radius 3 is 2.15 bits per heavy atom. The van der Waals surface area contributed by atoms with E-state index in [0.29, 0.717) is 25.8 Å². The van der Waals surface area contributed by atoms with E-state index in [1.54, 1.807) is 4.90 Å². The van der Waals surface area contributed by atoms with E-state index in [1.807, 2.05) is 42.5 Å². The molecule has 0 unspecified atom stereocenters. The number of carbonyl (C=O) groups is 1. The molecule has 0 N–H and O–H groups in total. The van der Waals surface area contributed by atoms with Crippen molar-refractivity contribution in [2.24, 2.45) is 0 Å².